The highest BCUT2D eigenvalue weighted by Crippen LogP contribution is 2.32. The number of benzene rings is 1. The summed E-state index contributed by atoms with van der Waals surface area (Å²) in [6.45, 7) is 2.12. The molecule has 1 aromatic carbocycles. The third kappa shape index (κ3) is 5.99. The number of piperidine rings is 2. The summed E-state index contributed by atoms with van der Waals surface area (Å²) >= 11 is 0. The van der Waals surface area contributed by atoms with Crippen molar-refractivity contribution < 1.29 is 35.3 Å². The largest absolute Gasteiger partial charge is 0.448 e. The van der Waals surface area contributed by atoms with E-state index in [2.05, 4.69) is 9.08 Å². The standard InChI is InChI=1S/C18H23F3N2O5S/c19-18(20,21)14-6-3-7-15(11-14)28-29(25,26)22-17(24)27-12-13-5-4-10-23-9-2-1-8-16(13)23/h3,6-7,11,13,16H,1-2,4-5,8-10,12H2,(H,22,24)/t13-,16+/m0/s1. The summed E-state index contributed by atoms with van der Waals surface area (Å²) in [4.78, 5) is 14.3. The first-order valence-electron chi connectivity index (χ1n) is 9.44. The highest BCUT2D eigenvalue weighted by molar-refractivity contribution is 7.85. The number of amides is 1. The summed E-state index contributed by atoms with van der Waals surface area (Å²) < 4.78 is 73.2. The molecule has 2 aliphatic heterocycles. The average molecular weight is 436 g/mol. The van der Waals surface area contributed by atoms with E-state index in [0.29, 0.717) is 12.1 Å². The summed E-state index contributed by atoms with van der Waals surface area (Å²) in [5, 5.41) is 0. The molecule has 0 aromatic heterocycles. The molecule has 7 nitrogen and oxygen atoms in total. The Bertz CT molecular complexity index is 829. The summed E-state index contributed by atoms with van der Waals surface area (Å²) in [7, 11) is -4.67. The summed E-state index contributed by atoms with van der Waals surface area (Å²) in [6, 6.07) is 3.68. The van der Waals surface area contributed by atoms with Gasteiger partial charge in [-0.15, -0.1) is 0 Å². The fourth-order valence-corrected chi connectivity index (χ4v) is 4.62. The maximum atomic E-state index is 12.7. The van der Waals surface area contributed by atoms with Crippen LogP contribution in [-0.2, 0) is 21.2 Å². The Kier molecular flexibility index (Phi) is 6.57. The van der Waals surface area contributed by atoms with Crippen LogP contribution >= 0.6 is 0 Å². The lowest BCUT2D eigenvalue weighted by Gasteiger charge is -2.44. The maximum absolute atomic E-state index is 12.7. The van der Waals surface area contributed by atoms with Crippen LogP contribution in [0.3, 0.4) is 0 Å². The number of nitrogens with zero attached hydrogens (tertiary/aromatic N) is 1. The van der Waals surface area contributed by atoms with Gasteiger partial charge in [0.1, 0.15) is 5.75 Å². The van der Waals surface area contributed by atoms with E-state index in [1.807, 2.05) is 0 Å². The molecule has 2 aliphatic rings. The molecule has 11 heteroatoms. The molecular formula is C18H23F3N2O5S. The molecule has 0 radical (unpaired) electrons. The molecule has 1 N–H and O–H groups in total. The molecular weight excluding hydrogens is 413 g/mol. The Balaban J connectivity index is 1.53. The van der Waals surface area contributed by atoms with Crippen molar-refractivity contribution in [2.24, 2.45) is 5.92 Å². The van der Waals surface area contributed by atoms with Crippen LogP contribution < -0.4 is 8.91 Å². The quantitative estimate of drug-likeness (QED) is 0.762. The molecule has 2 atom stereocenters. The van der Waals surface area contributed by atoms with Crippen molar-refractivity contribution in [3.05, 3.63) is 29.8 Å². The Morgan fingerprint density at radius 3 is 2.69 bits per heavy atom. The summed E-state index contributed by atoms with van der Waals surface area (Å²) in [5.74, 6) is -0.438. The minimum atomic E-state index is -4.67. The van der Waals surface area contributed by atoms with Crippen molar-refractivity contribution in [2.45, 2.75) is 44.3 Å². The predicted molar refractivity (Wildman–Crippen MR) is 97.4 cm³/mol. The first kappa shape index (κ1) is 21.7. The SMILES string of the molecule is O=C(NS(=O)(=O)Oc1cccc(C(F)(F)F)c1)OC[C@@H]1CCCN2CCCC[C@H]12. The van der Waals surface area contributed by atoms with Gasteiger partial charge in [0.25, 0.3) is 0 Å². The number of fused-ring (bicyclic) bond motifs is 1. The Hall–Kier alpha value is -2.01. The van der Waals surface area contributed by atoms with Crippen molar-refractivity contribution >= 4 is 16.4 Å². The third-order valence-corrected chi connectivity index (χ3v) is 6.06. The van der Waals surface area contributed by atoms with Crippen LogP contribution in [0.15, 0.2) is 24.3 Å². The lowest BCUT2D eigenvalue weighted by Crippen LogP contribution is -2.49. The molecule has 0 aliphatic carbocycles. The fraction of sp³-hybridized carbons (Fsp3) is 0.611. The molecule has 2 fully saturated rings. The van der Waals surface area contributed by atoms with Crippen LogP contribution in [0.5, 0.6) is 5.75 Å². The lowest BCUT2D eigenvalue weighted by atomic mass is 9.84. The molecule has 0 saturated carbocycles. The van der Waals surface area contributed by atoms with Gasteiger partial charge in [0.2, 0.25) is 0 Å². The van der Waals surface area contributed by atoms with Crippen LogP contribution in [0, 0.1) is 5.92 Å². The number of ether oxygens (including phenoxy) is 1. The van der Waals surface area contributed by atoms with Gasteiger partial charge in [-0.2, -0.15) is 26.3 Å². The summed E-state index contributed by atoms with van der Waals surface area (Å²) in [5.41, 5.74) is -1.07. The second-order valence-electron chi connectivity index (χ2n) is 7.26. The Morgan fingerprint density at radius 2 is 1.93 bits per heavy atom. The summed E-state index contributed by atoms with van der Waals surface area (Å²) in [6.07, 6.45) is -0.705. The van der Waals surface area contributed by atoms with E-state index < -0.39 is 33.9 Å². The van der Waals surface area contributed by atoms with Gasteiger partial charge in [-0.25, -0.2) is 4.79 Å². The number of alkyl halides is 3. The molecule has 1 amide bonds. The number of halogens is 3. The molecule has 162 valence electrons. The molecule has 0 unspecified atom stereocenters. The number of carbonyl (C=O) groups excluding carboxylic acids is 1. The van der Waals surface area contributed by atoms with E-state index in [1.165, 1.54) is 0 Å². The van der Waals surface area contributed by atoms with Crippen molar-refractivity contribution in [1.29, 1.82) is 0 Å². The number of carbonyl (C=O) groups is 1. The minimum Gasteiger partial charge on any atom is -0.448 e. The molecule has 0 bridgehead atoms. The fourth-order valence-electron chi connectivity index (χ4n) is 3.96. The Labute approximate surface area is 167 Å². The highest BCUT2D eigenvalue weighted by atomic mass is 32.2. The van der Waals surface area contributed by atoms with E-state index in [-0.39, 0.29) is 12.5 Å². The molecule has 1 aromatic rings. The zero-order valence-electron chi connectivity index (χ0n) is 15.7. The van der Waals surface area contributed by atoms with Gasteiger partial charge in [-0.1, -0.05) is 12.5 Å². The van der Waals surface area contributed by atoms with Crippen LogP contribution in [0.2, 0.25) is 0 Å². The Morgan fingerprint density at radius 1 is 1.17 bits per heavy atom. The third-order valence-electron chi connectivity index (χ3n) is 5.23. The van der Waals surface area contributed by atoms with Gasteiger partial charge in [0, 0.05) is 12.0 Å². The van der Waals surface area contributed by atoms with Gasteiger partial charge in [-0.3, -0.25) is 4.90 Å². The zero-order chi connectivity index (χ0) is 21.1. The molecule has 0 spiro atoms. The van der Waals surface area contributed by atoms with Crippen molar-refractivity contribution in [3.63, 3.8) is 0 Å². The van der Waals surface area contributed by atoms with Gasteiger partial charge in [0.05, 0.1) is 12.2 Å². The second kappa shape index (κ2) is 8.78. The molecule has 2 heterocycles. The molecule has 29 heavy (non-hydrogen) atoms. The second-order valence-corrected chi connectivity index (χ2v) is 8.54. The predicted octanol–water partition coefficient (Wildman–Crippen LogP) is 3.32. The lowest BCUT2D eigenvalue weighted by molar-refractivity contribution is -0.137. The van der Waals surface area contributed by atoms with Crippen molar-refractivity contribution in [3.8, 4) is 5.75 Å². The number of nitrogens with one attached hydrogen (secondary N) is 1. The van der Waals surface area contributed by atoms with Crippen LogP contribution in [0.4, 0.5) is 18.0 Å². The minimum absolute atomic E-state index is 0.0755. The van der Waals surface area contributed by atoms with E-state index in [1.54, 1.807) is 4.72 Å². The molecule has 2 saturated heterocycles. The monoisotopic (exact) mass is 436 g/mol. The van der Waals surface area contributed by atoms with Gasteiger partial charge in [0.15, 0.2) is 0 Å². The van der Waals surface area contributed by atoms with E-state index in [0.717, 1.165) is 63.4 Å². The van der Waals surface area contributed by atoms with Crippen molar-refractivity contribution in [1.82, 2.24) is 9.62 Å². The molecule has 3 rings (SSSR count). The average Bonchev–Trinajstić information content (AvgIpc) is 2.65. The van der Waals surface area contributed by atoms with Gasteiger partial charge < -0.3 is 8.92 Å². The highest BCUT2D eigenvalue weighted by Gasteiger charge is 2.34. The first-order valence-corrected chi connectivity index (χ1v) is 10.9. The van der Waals surface area contributed by atoms with Crippen LogP contribution in [0.25, 0.3) is 0 Å². The van der Waals surface area contributed by atoms with Gasteiger partial charge in [-0.05, 0) is 57.0 Å². The topological polar surface area (TPSA) is 84.9 Å². The zero-order valence-corrected chi connectivity index (χ0v) is 16.5. The number of rotatable bonds is 5. The van der Waals surface area contributed by atoms with E-state index in [9.17, 15) is 26.4 Å². The first-order chi connectivity index (χ1) is 13.6. The number of hydrogen-bond donors (Lipinski definition) is 1. The van der Waals surface area contributed by atoms with Gasteiger partial charge >= 0.3 is 22.6 Å². The van der Waals surface area contributed by atoms with Crippen molar-refractivity contribution in [2.75, 3.05) is 19.7 Å². The number of hydrogen-bond acceptors (Lipinski definition) is 6. The smallest absolute Gasteiger partial charge is 0.423 e. The normalized spacial score (nSPS) is 23.1. The van der Waals surface area contributed by atoms with E-state index >= 15 is 0 Å². The van der Waals surface area contributed by atoms with Crippen LogP contribution in [-0.4, -0.2) is 45.1 Å². The van der Waals surface area contributed by atoms with Crippen LogP contribution in [0.1, 0.15) is 37.7 Å². The van der Waals surface area contributed by atoms with E-state index in [4.69, 9.17) is 4.74 Å². The maximum Gasteiger partial charge on any atom is 0.423 e.